The summed E-state index contributed by atoms with van der Waals surface area (Å²) in [6.07, 6.45) is 5.25. The highest BCUT2D eigenvalue weighted by atomic mass is 16.5. The Morgan fingerprint density at radius 2 is 2.00 bits per heavy atom. The number of hydrogen-bond acceptors (Lipinski definition) is 3. The molecule has 0 spiro atoms. The standard InChI is InChI=1S/C15H24N2O/c1-11(16)15-13(9-6-10-14(15)18-3)17(2)12-7-4-5-8-12/h6,9-12H,4-5,7-8,16H2,1-3H3/t11-/m1/s1. The molecule has 1 aromatic rings. The van der Waals surface area contributed by atoms with E-state index in [4.69, 9.17) is 10.5 Å². The van der Waals surface area contributed by atoms with Crippen LogP contribution in [0.25, 0.3) is 0 Å². The second-order valence-electron chi connectivity index (χ2n) is 5.23. The summed E-state index contributed by atoms with van der Waals surface area (Å²) >= 11 is 0. The summed E-state index contributed by atoms with van der Waals surface area (Å²) in [6.45, 7) is 2.02. The molecule has 100 valence electrons. The van der Waals surface area contributed by atoms with E-state index in [1.165, 1.54) is 31.4 Å². The smallest absolute Gasteiger partial charge is 0.125 e. The summed E-state index contributed by atoms with van der Waals surface area (Å²) in [7, 11) is 3.89. The van der Waals surface area contributed by atoms with Crippen LogP contribution in [0.3, 0.4) is 0 Å². The maximum atomic E-state index is 6.12. The van der Waals surface area contributed by atoms with E-state index in [9.17, 15) is 0 Å². The number of ether oxygens (including phenoxy) is 1. The molecule has 1 aliphatic carbocycles. The van der Waals surface area contributed by atoms with Gasteiger partial charge >= 0.3 is 0 Å². The molecule has 0 aliphatic heterocycles. The molecule has 0 saturated heterocycles. The summed E-state index contributed by atoms with van der Waals surface area (Å²) in [6, 6.07) is 6.82. The van der Waals surface area contributed by atoms with Gasteiger partial charge in [-0.15, -0.1) is 0 Å². The van der Waals surface area contributed by atoms with Crippen molar-refractivity contribution in [3.05, 3.63) is 23.8 Å². The summed E-state index contributed by atoms with van der Waals surface area (Å²) in [4.78, 5) is 2.38. The van der Waals surface area contributed by atoms with Crippen LogP contribution in [-0.2, 0) is 0 Å². The van der Waals surface area contributed by atoms with Gasteiger partial charge in [-0.25, -0.2) is 0 Å². The quantitative estimate of drug-likeness (QED) is 0.890. The molecule has 3 nitrogen and oxygen atoms in total. The van der Waals surface area contributed by atoms with Crippen LogP contribution in [0.15, 0.2) is 18.2 Å². The number of rotatable bonds is 4. The van der Waals surface area contributed by atoms with Crippen molar-refractivity contribution in [2.45, 2.75) is 44.7 Å². The number of methoxy groups -OCH3 is 1. The van der Waals surface area contributed by atoms with Gasteiger partial charge in [0.15, 0.2) is 0 Å². The molecule has 0 aromatic heterocycles. The molecular weight excluding hydrogens is 224 g/mol. The first-order chi connectivity index (χ1) is 8.65. The van der Waals surface area contributed by atoms with Crippen LogP contribution < -0.4 is 15.4 Å². The predicted molar refractivity (Wildman–Crippen MR) is 76.3 cm³/mol. The number of nitrogens with two attached hydrogens (primary N) is 1. The monoisotopic (exact) mass is 248 g/mol. The van der Waals surface area contributed by atoms with Crippen LogP contribution in [0.1, 0.15) is 44.2 Å². The fraction of sp³-hybridized carbons (Fsp3) is 0.600. The lowest BCUT2D eigenvalue weighted by Crippen LogP contribution is -2.30. The zero-order chi connectivity index (χ0) is 13.1. The third kappa shape index (κ3) is 2.46. The second kappa shape index (κ2) is 5.61. The van der Waals surface area contributed by atoms with Crippen molar-refractivity contribution in [2.75, 3.05) is 19.1 Å². The molecule has 2 rings (SSSR count). The Bertz CT molecular complexity index is 397. The minimum atomic E-state index is -0.0139. The van der Waals surface area contributed by atoms with Crippen molar-refractivity contribution in [3.63, 3.8) is 0 Å². The molecule has 18 heavy (non-hydrogen) atoms. The highest BCUT2D eigenvalue weighted by Crippen LogP contribution is 2.36. The Morgan fingerprint density at radius 1 is 1.33 bits per heavy atom. The van der Waals surface area contributed by atoms with Gasteiger partial charge < -0.3 is 15.4 Å². The Labute approximate surface area is 110 Å². The van der Waals surface area contributed by atoms with Crippen LogP contribution in [-0.4, -0.2) is 20.2 Å². The first-order valence-electron chi connectivity index (χ1n) is 6.80. The average molecular weight is 248 g/mol. The first kappa shape index (κ1) is 13.2. The molecule has 3 heteroatoms. The van der Waals surface area contributed by atoms with E-state index in [2.05, 4.69) is 18.0 Å². The third-order valence-electron chi connectivity index (χ3n) is 3.97. The van der Waals surface area contributed by atoms with E-state index in [1.807, 2.05) is 19.1 Å². The fourth-order valence-electron chi connectivity index (χ4n) is 2.96. The Hall–Kier alpha value is -1.22. The van der Waals surface area contributed by atoms with E-state index in [0.717, 1.165) is 11.3 Å². The third-order valence-corrected chi connectivity index (χ3v) is 3.97. The zero-order valence-corrected chi connectivity index (χ0v) is 11.6. The molecule has 0 heterocycles. The average Bonchev–Trinajstić information content (AvgIpc) is 2.90. The summed E-state index contributed by atoms with van der Waals surface area (Å²) in [5, 5.41) is 0. The minimum absolute atomic E-state index is 0.0139. The van der Waals surface area contributed by atoms with Crippen molar-refractivity contribution >= 4 is 5.69 Å². The van der Waals surface area contributed by atoms with Gasteiger partial charge in [0.05, 0.1) is 7.11 Å². The normalized spacial score (nSPS) is 17.8. The van der Waals surface area contributed by atoms with E-state index in [1.54, 1.807) is 7.11 Å². The largest absolute Gasteiger partial charge is 0.496 e. The van der Waals surface area contributed by atoms with Crippen LogP contribution in [0.2, 0.25) is 0 Å². The second-order valence-corrected chi connectivity index (χ2v) is 5.23. The van der Waals surface area contributed by atoms with E-state index in [0.29, 0.717) is 6.04 Å². The van der Waals surface area contributed by atoms with Gasteiger partial charge in [-0.2, -0.15) is 0 Å². The molecule has 1 saturated carbocycles. The van der Waals surface area contributed by atoms with Gasteiger partial charge in [0.25, 0.3) is 0 Å². The van der Waals surface area contributed by atoms with Crippen LogP contribution >= 0.6 is 0 Å². The van der Waals surface area contributed by atoms with E-state index in [-0.39, 0.29) is 6.04 Å². The van der Waals surface area contributed by atoms with Gasteiger partial charge in [0.1, 0.15) is 5.75 Å². The van der Waals surface area contributed by atoms with Gasteiger partial charge in [-0.05, 0) is 31.9 Å². The molecule has 1 aromatic carbocycles. The Balaban J connectivity index is 2.36. The summed E-state index contributed by atoms with van der Waals surface area (Å²) < 4.78 is 5.45. The molecule has 1 aliphatic rings. The highest BCUT2D eigenvalue weighted by molar-refractivity contribution is 5.61. The lowest BCUT2D eigenvalue weighted by molar-refractivity contribution is 0.406. The Morgan fingerprint density at radius 3 is 2.56 bits per heavy atom. The molecule has 0 amide bonds. The lowest BCUT2D eigenvalue weighted by atomic mass is 10.0. The van der Waals surface area contributed by atoms with Crippen molar-refractivity contribution < 1.29 is 4.74 Å². The Kier molecular flexibility index (Phi) is 4.12. The van der Waals surface area contributed by atoms with Crippen molar-refractivity contribution in [1.29, 1.82) is 0 Å². The van der Waals surface area contributed by atoms with Gasteiger partial charge in [0, 0.05) is 30.4 Å². The molecule has 0 unspecified atom stereocenters. The van der Waals surface area contributed by atoms with Crippen molar-refractivity contribution in [2.24, 2.45) is 5.73 Å². The number of nitrogens with zero attached hydrogens (tertiary/aromatic N) is 1. The first-order valence-corrected chi connectivity index (χ1v) is 6.80. The highest BCUT2D eigenvalue weighted by Gasteiger charge is 2.23. The lowest BCUT2D eigenvalue weighted by Gasteiger charge is -2.30. The fourth-order valence-corrected chi connectivity index (χ4v) is 2.96. The van der Waals surface area contributed by atoms with Gasteiger partial charge in [-0.3, -0.25) is 0 Å². The van der Waals surface area contributed by atoms with E-state index >= 15 is 0 Å². The summed E-state index contributed by atoms with van der Waals surface area (Å²) in [5.41, 5.74) is 8.46. The minimum Gasteiger partial charge on any atom is -0.496 e. The molecular formula is C15H24N2O. The predicted octanol–water partition coefficient (Wildman–Crippen LogP) is 3.09. The van der Waals surface area contributed by atoms with Crippen LogP contribution in [0.4, 0.5) is 5.69 Å². The molecule has 0 radical (unpaired) electrons. The van der Waals surface area contributed by atoms with Crippen molar-refractivity contribution in [3.8, 4) is 5.75 Å². The number of anilines is 1. The van der Waals surface area contributed by atoms with Crippen LogP contribution in [0.5, 0.6) is 5.75 Å². The SMILES string of the molecule is COc1cccc(N(C)C2CCCC2)c1[C@@H](C)N. The molecule has 1 fully saturated rings. The maximum Gasteiger partial charge on any atom is 0.125 e. The van der Waals surface area contributed by atoms with Gasteiger partial charge in [0.2, 0.25) is 0 Å². The number of hydrogen-bond donors (Lipinski definition) is 1. The maximum absolute atomic E-state index is 6.12. The van der Waals surface area contributed by atoms with E-state index < -0.39 is 0 Å². The molecule has 1 atom stereocenters. The topological polar surface area (TPSA) is 38.5 Å². The van der Waals surface area contributed by atoms with Crippen molar-refractivity contribution in [1.82, 2.24) is 0 Å². The zero-order valence-electron chi connectivity index (χ0n) is 11.6. The molecule has 2 N–H and O–H groups in total. The van der Waals surface area contributed by atoms with Crippen LogP contribution in [0, 0.1) is 0 Å². The molecule has 0 bridgehead atoms. The van der Waals surface area contributed by atoms with Gasteiger partial charge in [-0.1, -0.05) is 18.9 Å². The number of benzene rings is 1. The summed E-state index contributed by atoms with van der Waals surface area (Å²) in [5.74, 6) is 0.896.